The summed E-state index contributed by atoms with van der Waals surface area (Å²) >= 11 is 5.77. The van der Waals surface area contributed by atoms with E-state index in [0.717, 1.165) is 6.42 Å². The van der Waals surface area contributed by atoms with Gasteiger partial charge in [-0.1, -0.05) is 32.4 Å². The Bertz CT molecular complexity index is 591. The SMILES string of the molecule is CC(C)(C)CC(C)(C)NC(=O)COC(=O)c1cc(Cl)ccc1O. The largest absolute Gasteiger partial charge is 0.507 e. The zero-order valence-electron chi connectivity index (χ0n) is 14.2. The Morgan fingerprint density at radius 1 is 1.22 bits per heavy atom. The second kappa shape index (κ2) is 7.21. The minimum Gasteiger partial charge on any atom is -0.507 e. The molecule has 2 N–H and O–H groups in total. The number of benzene rings is 1. The van der Waals surface area contributed by atoms with E-state index >= 15 is 0 Å². The molecule has 0 aliphatic rings. The van der Waals surface area contributed by atoms with E-state index in [9.17, 15) is 14.7 Å². The first-order valence-electron chi connectivity index (χ1n) is 7.36. The molecule has 0 aromatic heterocycles. The molecule has 1 aromatic rings. The number of phenolic OH excluding ortho intramolecular Hbond substituents is 1. The summed E-state index contributed by atoms with van der Waals surface area (Å²) in [6.45, 7) is 9.68. The van der Waals surface area contributed by atoms with Crippen LogP contribution in [0, 0.1) is 5.41 Å². The van der Waals surface area contributed by atoms with Crippen LogP contribution in [0.5, 0.6) is 5.75 Å². The van der Waals surface area contributed by atoms with Crippen molar-refractivity contribution in [3.63, 3.8) is 0 Å². The quantitative estimate of drug-likeness (QED) is 0.803. The number of hydrogen-bond donors (Lipinski definition) is 2. The van der Waals surface area contributed by atoms with Crippen molar-refractivity contribution in [3.8, 4) is 5.75 Å². The van der Waals surface area contributed by atoms with Gasteiger partial charge in [0.2, 0.25) is 0 Å². The third kappa shape index (κ3) is 6.91. The van der Waals surface area contributed by atoms with Gasteiger partial charge in [-0.05, 0) is 43.9 Å². The van der Waals surface area contributed by atoms with Crippen molar-refractivity contribution in [2.75, 3.05) is 6.61 Å². The molecule has 6 heteroatoms. The summed E-state index contributed by atoms with van der Waals surface area (Å²) in [6.07, 6.45) is 0.773. The van der Waals surface area contributed by atoms with Crippen molar-refractivity contribution in [2.45, 2.75) is 46.6 Å². The van der Waals surface area contributed by atoms with Crippen molar-refractivity contribution in [1.29, 1.82) is 0 Å². The molecule has 1 amide bonds. The van der Waals surface area contributed by atoms with Crippen LogP contribution in [0.3, 0.4) is 0 Å². The number of carbonyl (C=O) groups is 2. The van der Waals surface area contributed by atoms with Crippen LogP contribution in [-0.2, 0) is 9.53 Å². The van der Waals surface area contributed by atoms with Gasteiger partial charge in [-0.25, -0.2) is 4.79 Å². The number of halogens is 1. The van der Waals surface area contributed by atoms with Crippen LogP contribution >= 0.6 is 11.6 Å². The van der Waals surface area contributed by atoms with Gasteiger partial charge in [0.25, 0.3) is 5.91 Å². The molecule has 0 aliphatic heterocycles. The Balaban J connectivity index is 2.59. The summed E-state index contributed by atoms with van der Waals surface area (Å²) in [5, 5.41) is 12.8. The summed E-state index contributed by atoms with van der Waals surface area (Å²) in [5.74, 6) is -1.43. The Labute approximate surface area is 142 Å². The first-order chi connectivity index (χ1) is 10.4. The molecule has 0 saturated heterocycles. The molecule has 128 valence electrons. The van der Waals surface area contributed by atoms with E-state index in [0.29, 0.717) is 5.02 Å². The molecule has 0 aliphatic carbocycles. The lowest BCUT2D eigenvalue weighted by atomic mass is 9.82. The number of rotatable bonds is 5. The summed E-state index contributed by atoms with van der Waals surface area (Å²) in [4.78, 5) is 23.9. The van der Waals surface area contributed by atoms with Crippen molar-refractivity contribution >= 4 is 23.5 Å². The van der Waals surface area contributed by atoms with E-state index in [1.54, 1.807) is 0 Å². The number of aromatic hydroxyl groups is 1. The van der Waals surface area contributed by atoms with Crippen molar-refractivity contribution in [3.05, 3.63) is 28.8 Å². The van der Waals surface area contributed by atoms with Crippen LogP contribution < -0.4 is 5.32 Å². The smallest absolute Gasteiger partial charge is 0.342 e. The molecule has 1 rings (SSSR count). The molecule has 0 saturated carbocycles. The molecular formula is C17H24ClNO4. The van der Waals surface area contributed by atoms with Crippen LogP contribution in [-0.4, -0.2) is 29.1 Å². The minimum atomic E-state index is -0.797. The first-order valence-corrected chi connectivity index (χ1v) is 7.74. The molecular weight excluding hydrogens is 318 g/mol. The fourth-order valence-electron chi connectivity index (χ4n) is 2.66. The second-order valence-electron chi connectivity index (χ2n) is 7.41. The fraction of sp³-hybridized carbons (Fsp3) is 0.529. The zero-order valence-corrected chi connectivity index (χ0v) is 15.0. The van der Waals surface area contributed by atoms with Crippen molar-refractivity contribution in [1.82, 2.24) is 5.32 Å². The minimum absolute atomic E-state index is 0.0556. The van der Waals surface area contributed by atoms with Gasteiger partial charge in [0.05, 0.1) is 0 Å². The molecule has 1 aromatic carbocycles. The molecule has 0 fully saturated rings. The molecule has 0 bridgehead atoms. The van der Waals surface area contributed by atoms with Gasteiger partial charge in [0, 0.05) is 10.6 Å². The molecule has 23 heavy (non-hydrogen) atoms. The Hall–Kier alpha value is -1.75. The Morgan fingerprint density at radius 2 is 1.83 bits per heavy atom. The highest BCUT2D eigenvalue weighted by atomic mass is 35.5. The third-order valence-electron chi connectivity index (χ3n) is 2.96. The van der Waals surface area contributed by atoms with Crippen molar-refractivity contribution in [2.24, 2.45) is 5.41 Å². The number of nitrogens with one attached hydrogen (secondary N) is 1. The molecule has 5 nitrogen and oxygen atoms in total. The van der Waals surface area contributed by atoms with Gasteiger partial charge >= 0.3 is 5.97 Å². The number of hydrogen-bond acceptors (Lipinski definition) is 4. The molecule has 0 radical (unpaired) electrons. The molecule has 0 atom stereocenters. The Morgan fingerprint density at radius 3 is 2.39 bits per heavy atom. The summed E-state index contributed by atoms with van der Waals surface area (Å²) in [7, 11) is 0. The lowest BCUT2D eigenvalue weighted by Crippen LogP contribution is -2.47. The van der Waals surface area contributed by atoms with Crippen LogP contribution in [0.2, 0.25) is 5.02 Å². The number of carbonyl (C=O) groups excluding carboxylic acids is 2. The first kappa shape index (κ1) is 19.3. The van der Waals surface area contributed by atoms with Crippen LogP contribution in [0.25, 0.3) is 0 Å². The normalized spacial score (nSPS) is 11.9. The van der Waals surface area contributed by atoms with Gasteiger partial charge in [-0.15, -0.1) is 0 Å². The number of phenols is 1. The number of esters is 1. The summed E-state index contributed by atoms with van der Waals surface area (Å²) in [5.41, 5.74) is -0.431. The topological polar surface area (TPSA) is 75.6 Å². The maximum atomic E-state index is 12.0. The van der Waals surface area contributed by atoms with E-state index in [1.165, 1.54) is 18.2 Å². The second-order valence-corrected chi connectivity index (χ2v) is 7.84. The predicted octanol–water partition coefficient (Wildman–Crippen LogP) is 3.53. The lowest BCUT2D eigenvalue weighted by molar-refractivity contribution is -0.126. The highest BCUT2D eigenvalue weighted by Gasteiger charge is 2.27. The van der Waals surface area contributed by atoms with E-state index in [4.69, 9.17) is 16.3 Å². The monoisotopic (exact) mass is 341 g/mol. The standard InChI is InChI=1S/C17H24ClNO4/c1-16(2,3)10-17(4,5)19-14(21)9-23-15(22)12-8-11(18)6-7-13(12)20/h6-8,20H,9-10H2,1-5H3,(H,19,21). The fourth-order valence-corrected chi connectivity index (χ4v) is 2.84. The van der Waals surface area contributed by atoms with Crippen molar-refractivity contribution < 1.29 is 19.4 Å². The highest BCUT2D eigenvalue weighted by molar-refractivity contribution is 6.31. The zero-order chi connectivity index (χ0) is 17.8. The van der Waals surface area contributed by atoms with E-state index in [1.807, 2.05) is 13.8 Å². The van der Waals surface area contributed by atoms with Gasteiger partial charge in [0.1, 0.15) is 11.3 Å². The van der Waals surface area contributed by atoms with E-state index < -0.39 is 24.0 Å². The average molecular weight is 342 g/mol. The predicted molar refractivity (Wildman–Crippen MR) is 89.7 cm³/mol. The lowest BCUT2D eigenvalue weighted by Gasteiger charge is -2.33. The molecule has 0 unspecified atom stereocenters. The van der Waals surface area contributed by atoms with E-state index in [-0.39, 0.29) is 16.7 Å². The Kier molecular flexibility index (Phi) is 6.05. The maximum absolute atomic E-state index is 12.0. The van der Waals surface area contributed by atoms with Crippen LogP contribution in [0.4, 0.5) is 0 Å². The van der Waals surface area contributed by atoms with Crippen LogP contribution in [0.1, 0.15) is 51.4 Å². The number of amides is 1. The molecule has 0 spiro atoms. The summed E-state index contributed by atoms with van der Waals surface area (Å²) < 4.78 is 4.93. The number of ether oxygens (including phenoxy) is 1. The van der Waals surface area contributed by atoms with Gasteiger partial charge in [-0.3, -0.25) is 4.79 Å². The highest BCUT2D eigenvalue weighted by Crippen LogP contribution is 2.26. The van der Waals surface area contributed by atoms with Gasteiger partial charge in [0.15, 0.2) is 6.61 Å². The van der Waals surface area contributed by atoms with E-state index in [2.05, 4.69) is 26.1 Å². The average Bonchev–Trinajstić information content (AvgIpc) is 2.35. The van der Waals surface area contributed by atoms with Gasteiger partial charge in [-0.2, -0.15) is 0 Å². The molecule has 0 heterocycles. The maximum Gasteiger partial charge on any atom is 0.342 e. The van der Waals surface area contributed by atoms with Crippen LogP contribution in [0.15, 0.2) is 18.2 Å². The van der Waals surface area contributed by atoms with Gasteiger partial charge < -0.3 is 15.2 Å². The third-order valence-corrected chi connectivity index (χ3v) is 3.20. The summed E-state index contributed by atoms with van der Waals surface area (Å²) in [6, 6.07) is 4.04.